The van der Waals surface area contributed by atoms with Crippen molar-refractivity contribution in [2.75, 3.05) is 50.6 Å². The molecule has 7 heteroatoms. The first-order valence-electron chi connectivity index (χ1n) is 8.01. The second-order valence-electron chi connectivity index (χ2n) is 6.41. The number of methoxy groups -OCH3 is 1. The Morgan fingerprint density at radius 3 is 2.91 bits per heavy atom. The molecule has 1 aromatic heterocycles. The van der Waals surface area contributed by atoms with Crippen LogP contribution in [-0.4, -0.2) is 66.9 Å². The van der Waals surface area contributed by atoms with E-state index in [2.05, 4.69) is 19.8 Å². The summed E-state index contributed by atoms with van der Waals surface area (Å²) in [4.78, 5) is 13.3. The average Bonchev–Trinajstić information content (AvgIpc) is 3.38. The molecule has 2 N–H and O–H groups in total. The number of ether oxygens (including phenoxy) is 2. The second-order valence-corrected chi connectivity index (χ2v) is 6.41. The van der Waals surface area contributed by atoms with Crippen molar-refractivity contribution in [3.8, 4) is 5.88 Å². The number of nitrogens with two attached hydrogens (primary N) is 1. The Labute approximate surface area is 130 Å². The van der Waals surface area contributed by atoms with E-state index in [9.17, 15) is 0 Å². The van der Waals surface area contributed by atoms with Gasteiger partial charge in [0.25, 0.3) is 0 Å². The lowest BCUT2D eigenvalue weighted by molar-refractivity contribution is -0.0603. The van der Waals surface area contributed by atoms with Crippen LogP contribution in [0.2, 0.25) is 0 Å². The SMILES string of the molecule is COc1cc(N2CCN3[C@@H](COC[C@@H]3C3CC3)C2)nc(N)n1. The van der Waals surface area contributed by atoms with E-state index < -0.39 is 0 Å². The number of fused-ring (bicyclic) bond motifs is 1. The molecule has 1 aliphatic carbocycles. The quantitative estimate of drug-likeness (QED) is 0.864. The van der Waals surface area contributed by atoms with Crippen LogP contribution in [0.1, 0.15) is 12.8 Å². The topological polar surface area (TPSA) is 76.7 Å². The molecule has 1 aromatic rings. The van der Waals surface area contributed by atoms with Gasteiger partial charge >= 0.3 is 0 Å². The van der Waals surface area contributed by atoms with Crippen molar-refractivity contribution in [3.05, 3.63) is 6.07 Å². The lowest BCUT2D eigenvalue weighted by Crippen LogP contribution is -2.62. The molecule has 0 spiro atoms. The van der Waals surface area contributed by atoms with Gasteiger partial charge in [-0.1, -0.05) is 0 Å². The summed E-state index contributed by atoms with van der Waals surface area (Å²) in [6.45, 7) is 4.64. The van der Waals surface area contributed by atoms with Gasteiger partial charge in [0.1, 0.15) is 5.82 Å². The molecule has 3 aliphatic rings. The van der Waals surface area contributed by atoms with Gasteiger partial charge in [-0.25, -0.2) is 0 Å². The van der Waals surface area contributed by atoms with Crippen molar-refractivity contribution in [2.45, 2.75) is 24.9 Å². The van der Waals surface area contributed by atoms with Gasteiger partial charge in [-0.15, -0.1) is 0 Å². The van der Waals surface area contributed by atoms with Crippen LogP contribution in [0.4, 0.5) is 11.8 Å². The number of aromatic nitrogens is 2. The summed E-state index contributed by atoms with van der Waals surface area (Å²) in [5.41, 5.74) is 5.78. The highest BCUT2D eigenvalue weighted by Crippen LogP contribution is 2.38. The summed E-state index contributed by atoms with van der Waals surface area (Å²) in [6, 6.07) is 2.91. The zero-order valence-corrected chi connectivity index (χ0v) is 12.9. The van der Waals surface area contributed by atoms with Crippen LogP contribution in [0.25, 0.3) is 0 Å². The van der Waals surface area contributed by atoms with Gasteiger partial charge in [0.2, 0.25) is 11.8 Å². The molecule has 3 fully saturated rings. The van der Waals surface area contributed by atoms with Gasteiger partial charge in [0.15, 0.2) is 0 Å². The molecular formula is C15H23N5O2. The van der Waals surface area contributed by atoms with E-state index in [0.717, 1.165) is 44.6 Å². The van der Waals surface area contributed by atoms with Crippen LogP contribution in [0.5, 0.6) is 5.88 Å². The number of nitrogens with zero attached hydrogens (tertiary/aromatic N) is 4. The Bertz CT molecular complexity index is 551. The maximum Gasteiger partial charge on any atom is 0.225 e. The highest BCUT2D eigenvalue weighted by atomic mass is 16.5. The highest BCUT2D eigenvalue weighted by molar-refractivity contribution is 5.46. The third-order valence-corrected chi connectivity index (χ3v) is 4.96. The van der Waals surface area contributed by atoms with Crippen LogP contribution in [-0.2, 0) is 4.74 Å². The summed E-state index contributed by atoms with van der Waals surface area (Å²) in [7, 11) is 1.60. The monoisotopic (exact) mass is 305 g/mol. The Morgan fingerprint density at radius 2 is 2.14 bits per heavy atom. The lowest BCUT2D eigenvalue weighted by Gasteiger charge is -2.48. The van der Waals surface area contributed by atoms with Crippen LogP contribution in [0, 0.1) is 5.92 Å². The third kappa shape index (κ3) is 2.59. The minimum atomic E-state index is 0.257. The lowest BCUT2D eigenvalue weighted by atomic mass is 10.0. The van der Waals surface area contributed by atoms with E-state index in [-0.39, 0.29) is 5.95 Å². The second kappa shape index (κ2) is 5.55. The van der Waals surface area contributed by atoms with Gasteiger partial charge in [0.05, 0.1) is 26.4 Å². The van der Waals surface area contributed by atoms with Crippen molar-refractivity contribution in [2.24, 2.45) is 5.92 Å². The first kappa shape index (κ1) is 14.0. The molecule has 2 aliphatic heterocycles. The normalized spacial score (nSPS) is 29.2. The molecular weight excluding hydrogens is 282 g/mol. The first-order valence-corrected chi connectivity index (χ1v) is 8.01. The van der Waals surface area contributed by atoms with E-state index in [1.165, 1.54) is 12.8 Å². The van der Waals surface area contributed by atoms with Crippen molar-refractivity contribution >= 4 is 11.8 Å². The minimum Gasteiger partial charge on any atom is -0.481 e. The Morgan fingerprint density at radius 1 is 1.27 bits per heavy atom. The third-order valence-electron chi connectivity index (χ3n) is 4.96. The zero-order chi connectivity index (χ0) is 15.1. The number of rotatable bonds is 3. The first-order chi connectivity index (χ1) is 10.7. The van der Waals surface area contributed by atoms with Crippen LogP contribution >= 0.6 is 0 Å². The molecule has 1 saturated carbocycles. The molecule has 0 radical (unpaired) electrons. The van der Waals surface area contributed by atoms with Gasteiger partial charge in [-0.3, -0.25) is 4.90 Å². The fourth-order valence-corrected chi connectivity index (χ4v) is 3.67. The van der Waals surface area contributed by atoms with Gasteiger partial charge in [-0.05, 0) is 18.8 Å². The summed E-state index contributed by atoms with van der Waals surface area (Å²) < 4.78 is 11.1. The highest BCUT2D eigenvalue weighted by Gasteiger charge is 2.43. The average molecular weight is 305 g/mol. The van der Waals surface area contributed by atoms with Crippen LogP contribution in [0.3, 0.4) is 0 Å². The molecule has 22 heavy (non-hydrogen) atoms. The molecule has 0 aromatic carbocycles. The predicted molar refractivity (Wildman–Crippen MR) is 83.0 cm³/mol. The Hall–Kier alpha value is -1.60. The van der Waals surface area contributed by atoms with Gasteiger partial charge in [0, 0.05) is 31.7 Å². The maximum absolute atomic E-state index is 5.86. The summed E-state index contributed by atoms with van der Waals surface area (Å²) in [6.07, 6.45) is 2.72. The summed E-state index contributed by atoms with van der Waals surface area (Å²) >= 11 is 0. The van der Waals surface area contributed by atoms with Gasteiger partial charge < -0.3 is 20.1 Å². The maximum atomic E-state index is 5.86. The Balaban J connectivity index is 1.50. The number of nitrogen functional groups attached to an aromatic ring is 1. The standard InChI is InChI=1S/C15H23N5O2/c1-21-14-6-13(17-15(16)18-14)19-4-5-20-11(7-19)8-22-9-12(20)10-2-3-10/h6,10-12H,2-5,7-9H2,1H3,(H2,16,17,18)/t11-,12-/m1/s1. The molecule has 0 bridgehead atoms. The number of hydrogen-bond donors (Lipinski definition) is 1. The van der Waals surface area contributed by atoms with E-state index in [4.69, 9.17) is 15.2 Å². The largest absolute Gasteiger partial charge is 0.481 e. The fraction of sp³-hybridized carbons (Fsp3) is 0.733. The number of piperazine rings is 1. The molecule has 120 valence electrons. The zero-order valence-electron chi connectivity index (χ0n) is 12.9. The van der Waals surface area contributed by atoms with Crippen LogP contribution < -0.4 is 15.4 Å². The van der Waals surface area contributed by atoms with Gasteiger partial charge in [-0.2, -0.15) is 9.97 Å². The van der Waals surface area contributed by atoms with Crippen LogP contribution in [0.15, 0.2) is 6.07 Å². The Kier molecular flexibility index (Phi) is 3.54. The minimum absolute atomic E-state index is 0.257. The molecule has 2 atom stereocenters. The molecule has 0 unspecified atom stereocenters. The number of morpholine rings is 1. The van der Waals surface area contributed by atoms with Crippen molar-refractivity contribution in [1.82, 2.24) is 14.9 Å². The molecule has 4 rings (SSSR count). The summed E-state index contributed by atoms with van der Waals surface area (Å²) in [5.74, 6) is 2.47. The van der Waals surface area contributed by atoms with Crippen molar-refractivity contribution in [1.29, 1.82) is 0 Å². The van der Waals surface area contributed by atoms with E-state index in [1.54, 1.807) is 7.11 Å². The molecule has 2 saturated heterocycles. The number of anilines is 2. The smallest absolute Gasteiger partial charge is 0.225 e. The molecule has 7 nitrogen and oxygen atoms in total. The van der Waals surface area contributed by atoms with E-state index >= 15 is 0 Å². The fourth-order valence-electron chi connectivity index (χ4n) is 3.67. The summed E-state index contributed by atoms with van der Waals surface area (Å²) in [5, 5.41) is 0. The van der Waals surface area contributed by atoms with E-state index in [0.29, 0.717) is 18.0 Å². The molecule has 0 amide bonds. The van der Waals surface area contributed by atoms with E-state index in [1.807, 2.05) is 6.07 Å². The predicted octanol–water partition coefficient (Wildman–Crippen LogP) is 0.367. The van der Waals surface area contributed by atoms with Crippen molar-refractivity contribution < 1.29 is 9.47 Å². The number of hydrogen-bond acceptors (Lipinski definition) is 7. The van der Waals surface area contributed by atoms with Crippen molar-refractivity contribution in [3.63, 3.8) is 0 Å². The molecule has 3 heterocycles.